The van der Waals surface area contributed by atoms with Crippen LogP contribution in [-0.4, -0.2) is 39.1 Å². The fourth-order valence-corrected chi connectivity index (χ4v) is 2.92. The molecule has 0 amide bonds. The van der Waals surface area contributed by atoms with E-state index in [4.69, 9.17) is 9.84 Å². The Morgan fingerprint density at radius 1 is 1.30 bits per heavy atom. The second-order valence-electron chi connectivity index (χ2n) is 5.59. The second-order valence-corrected chi connectivity index (χ2v) is 5.59. The number of nitrogens with zero attached hydrogens (tertiary/aromatic N) is 3. The van der Waals surface area contributed by atoms with Gasteiger partial charge in [-0.1, -0.05) is 12.1 Å². The zero-order valence-electron chi connectivity index (χ0n) is 12.8. The third-order valence-electron chi connectivity index (χ3n) is 3.98. The number of benzene rings is 1. The molecule has 1 saturated heterocycles. The van der Waals surface area contributed by atoms with E-state index in [0.29, 0.717) is 11.8 Å². The Morgan fingerprint density at radius 3 is 2.83 bits per heavy atom. The van der Waals surface area contributed by atoms with Gasteiger partial charge in [0.25, 0.3) is 0 Å². The Balaban J connectivity index is 1.63. The first-order valence-electron chi connectivity index (χ1n) is 7.66. The highest BCUT2D eigenvalue weighted by atomic mass is 16.5. The van der Waals surface area contributed by atoms with E-state index in [-0.39, 0.29) is 6.61 Å². The molecular formula is C17H19N3O3. The maximum absolute atomic E-state index is 10.5. The van der Waals surface area contributed by atoms with Crippen molar-refractivity contribution in [2.45, 2.75) is 25.4 Å². The number of carboxylic acid groups (broad SMARTS) is 1. The van der Waals surface area contributed by atoms with E-state index < -0.39 is 5.97 Å². The molecule has 6 heteroatoms. The standard InChI is InChI=1S/C17H19N3O3/c21-17(22)11-23-14-5-3-13(4-6-14)10-20-9-1-2-16(20)15-7-8-18-12-19-15/h3-8,12,16H,1-2,9-11H2,(H,21,22). The maximum atomic E-state index is 10.5. The number of rotatable bonds is 6. The van der Waals surface area contributed by atoms with Crippen LogP contribution < -0.4 is 4.74 Å². The molecule has 1 N–H and O–H groups in total. The third kappa shape index (κ3) is 4.04. The van der Waals surface area contributed by atoms with Gasteiger partial charge in [-0.3, -0.25) is 4.90 Å². The Hall–Kier alpha value is -2.47. The van der Waals surface area contributed by atoms with Gasteiger partial charge in [0.2, 0.25) is 0 Å². The normalized spacial score (nSPS) is 18.0. The summed E-state index contributed by atoms with van der Waals surface area (Å²) < 4.78 is 5.15. The molecule has 1 aromatic heterocycles. The number of likely N-dealkylation sites (tertiary alicyclic amines) is 1. The van der Waals surface area contributed by atoms with Crippen molar-refractivity contribution >= 4 is 5.97 Å². The number of carbonyl (C=O) groups is 1. The minimum Gasteiger partial charge on any atom is -0.482 e. The van der Waals surface area contributed by atoms with Gasteiger partial charge < -0.3 is 9.84 Å². The van der Waals surface area contributed by atoms with Crippen LogP contribution in [0, 0.1) is 0 Å². The van der Waals surface area contributed by atoms with Crippen molar-refractivity contribution in [1.82, 2.24) is 14.9 Å². The maximum Gasteiger partial charge on any atom is 0.341 e. The average molecular weight is 313 g/mol. The highest BCUT2D eigenvalue weighted by Crippen LogP contribution is 2.31. The fourth-order valence-electron chi connectivity index (χ4n) is 2.92. The summed E-state index contributed by atoms with van der Waals surface area (Å²) in [5.41, 5.74) is 2.24. The molecule has 120 valence electrons. The smallest absolute Gasteiger partial charge is 0.341 e. The molecule has 0 aliphatic carbocycles. The molecule has 1 aliphatic heterocycles. The van der Waals surface area contributed by atoms with E-state index in [0.717, 1.165) is 31.6 Å². The van der Waals surface area contributed by atoms with Crippen LogP contribution in [0.25, 0.3) is 0 Å². The molecule has 0 saturated carbocycles. The number of hydrogen-bond donors (Lipinski definition) is 1. The molecule has 2 aromatic rings. The van der Waals surface area contributed by atoms with Gasteiger partial charge >= 0.3 is 5.97 Å². The number of hydrogen-bond acceptors (Lipinski definition) is 5. The average Bonchev–Trinajstić information content (AvgIpc) is 3.03. The molecular weight excluding hydrogens is 294 g/mol. The predicted molar refractivity (Wildman–Crippen MR) is 84.0 cm³/mol. The topological polar surface area (TPSA) is 75.6 Å². The highest BCUT2D eigenvalue weighted by molar-refractivity contribution is 5.68. The van der Waals surface area contributed by atoms with E-state index in [1.807, 2.05) is 30.3 Å². The molecule has 1 fully saturated rings. The van der Waals surface area contributed by atoms with Gasteiger partial charge in [0.15, 0.2) is 6.61 Å². The van der Waals surface area contributed by atoms with Crippen molar-refractivity contribution < 1.29 is 14.6 Å². The van der Waals surface area contributed by atoms with E-state index in [1.165, 1.54) is 5.56 Å². The number of aromatic nitrogens is 2. The molecule has 6 nitrogen and oxygen atoms in total. The lowest BCUT2D eigenvalue weighted by Crippen LogP contribution is -2.23. The highest BCUT2D eigenvalue weighted by Gasteiger charge is 2.26. The predicted octanol–water partition coefficient (Wildman–Crippen LogP) is 2.28. The van der Waals surface area contributed by atoms with Crippen LogP contribution in [0.15, 0.2) is 42.9 Å². The van der Waals surface area contributed by atoms with Gasteiger partial charge in [0, 0.05) is 12.7 Å². The van der Waals surface area contributed by atoms with Gasteiger partial charge in [-0.25, -0.2) is 14.8 Å². The molecule has 1 unspecified atom stereocenters. The Kier molecular flexibility index (Phi) is 4.83. The zero-order chi connectivity index (χ0) is 16.1. The van der Waals surface area contributed by atoms with Gasteiger partial charge in [-0.05, 0) is 43.1 Å². The van der Waals surface area contributed by atoms with E-state index in [1.54, 1.807) is 12.5 Å². The van der Waals surface area contributed by atoms with Crippen LogP contribution in [0.1, 0.15) is 30.1 Å². The first-order chi connectivity index (χ1) is 11.2. The molecule has 1 aliphatic rings. The minimum absolute atomic E-state index is 0.318. The zero-order valence-corrected chi connectivity index (χ0v) is 12.8. The summed E-state index contributed by atoms with van der Waals surface area (Å²) in [6, 6.07) is 9.90. The SMILES string of the molecule is O=C(O)COc1ccc(CN2CCCC2c2ccncn2)cc1. The van der Waals surface area contributed by atoms with Crippen molar-refractivity contribution in [2.24, 2.45) is 0 Å². The summed E-state index contributed by atoms with van der Waals surface area (Å²) in [5, 5.41) is 8.61. The van der Waals surface area contributed by atoms with Crippen molar-refractivity contribution in [3.05, 3.63) is 54.1 Å². The monoisotopic (exact) mass is 313 g/mol. The number of aliphatic carboxylic acids is 1. The van der Waals surface area contributed by atoms with Crippen LogP contribution >= 0.6 is 0 Å². The molecule has 1 atom stereocenters. The van der Waals surface area contributed by atoms with Crippen LogP contribution in [0.3, 0.4) is 0 Å². The molecule has 1 aromatic carbocycles. The summed E-state index contributed by atoms with van der Waals surface area (Å²) in [6.07, 6.45) is 5.65. The molecule has 0 spiro atoms. The summed E-state index contributed by atoms with van der Waals surface area (Å²) in [5.74, 6) is -0.399. The first kappa shape index (κ1) is 15.4. The van der Waals surface area contributed by atoms with Crippen LogP contribution in [0.5, 0.6) is 5.75 Å². The first-order valence-corrected chi connectivity index (χ1v) is 7.66. The van der Waals surface area contributed by atoms with Crippen molar-refractivity contribution in [3.8, 4) is 5.75 Å². The van der Waals surface area contributed by atoms with Crippen molar-refractivity contribution in [1.29, 1.82) is 0 Å². The van der Waals surface area contributed by atoms with Gasteiger partial charge in [-0.15, -0.1) is 0 Å². The van der Waals surface area contributed by atoms with Gasteiger partial charge in [0.05, 0.1) is 11.7 Å². The van der Waals surface area contributed by atoms with E-state index in [9.17, 15) is 4.79 Å². The van der Waals surface area contributed by atoms with E-state index in [2.05, 4.69) is 14.9 Å². The van der Waals surface area contributed by atoms with E-state index >= 15 is 0 Å². The minimum atomic E-state index is -0.973. The second kappa shape index (κ2) is 7.19. The van der Waals surface area contributed by atoms with Crippen molar-refractivity contribution in [2.75, 3.05) is 13.2 Å². The molecule has 3 rings (SSSR count). The summed E-state index contributed by atoms with van der Waals surface area (Å²) >= 11 is 0. The van der Waals surface area contributed by atoms with Gasteiger partial charge in [0.1, 0.15) is 12.1 Å². The lowest BCUT2D eigenvalue weighted by Gasteiger charge is -2.24. The molecule has 0 bridgehead atoms. The Labute approximate surface area is 134 Å². The van der Waals surface area contributed by atoms with Crippen molar-refractivity contribution in [3.63, 3.8) is 0 Å². The summed E-state index contributed by atoms with van der Waals surface area (Å²) in [4.78, 5) is 21.3. The lowest BCUT2D eigenvalue weighted by atomic mass is 10.1. The third-order valence-corrected chi connectivity index (χ3v) is 3.98. The molecule has 2 heterocycles. The lowest BCUT2D eigenvalue weighted by molar-refractivity contribution is -0.139. The molecule has 23 heavy (non-hydrogen) atoms. The largest absolute Gasteiger partial charge is 0.482 e. The molecule has 0 radical (unpaired) electrons. The Bertz CT molecular complexity index is 646. The van der Waals surface area contributed by atoms with Gasteiger partial charge in [-0.2, -0.15) is 0 Å². The summed E-state index contributed by atoms with van der Waals surface area (Å²) in [6.45, 7) is 1.57. The summed E-state index contributed by atoms with van der Waals surface area (Å²) in [7, 11) is 0. The van der Waals surface area contributed by atoms with Crippen LogP contribution in [0.4, 0.5) is 0 Å². The van der Waals surface area contributed by atoms with Crippen LogP contribution in [0.2, 0.25) is 0 Å². The van der Waals surface area contributed by atoms with Crippen LogP contribution in [-0.2, 0) is 11.3 Å². The number of ether oxygens (including phenoxy) is 1. The fraction of sp³-hybridized carbons (Fsp3) is 0.353. The Morgan fingerprint density at radius 2 is 2.13 bits per heavy atom. The number of carboxylic acids is 1. The quantitative estimate of drug-likeness (QED) is 0.882.